The van der Waals surface area contributed by atoms with E-state index in [2.05, 4.69) is 118 Å². The van der Waals surface area contributed by atoms with Crippen molar-refractivity contribution in [2.24, 2.45) is 5.92 Å². The van der Waals surface area contributed by atoms with Crippen molar-refractivity contribution >= 4 is 0 Å². The van der Waals surface area contributed by atoms with E-state index in [9.17, 15) is 0 Å². The second-order valence-corrected chi connectivity index (χ2v) is 14.3. The molecule has 4 aromatic carbocycles. The summed E-state index contributed by atoms with van der Waals surface area (Å²) in [4.78, 5) is 0. The van der Waals surface area contributed by atoms with E-state index in [4.69, 9.17) is 0 Å². The zero-order valence-corrected chi connectivity index (χ0v) is 25.2. The van der Waals surface area contributed by atoms with Crippen LogP contribution in [0.5, 0.6) is 0 Å². The van der Waals surface area contributed by atoms with Crippen molar-refractivity contribution in [3.05, 3.63) is 119 Å². The molecular formula is C36H40Zr. The SMILES string of the molecule is CCCCC(C)C1c2ccccc2-c2ccccc21.CCC[CH2][Zr][CH]1c2ccccc2-c2ccccc21. The van der Waals surface area contributed by atoms with E-state index in [0.717, 1.165) is 9.54 Å². The van der Waals surface area contributed by atoms with E-state index in [0.29, 0.717) is 5.92 Å². The Kier molecular flexibility index (Phi) is 8.94. The van der Waals surface area contributed by atoms with Crippen LogP contribution in [-0.4, -0.2) is 0 Å². The van der Waals surface area contributed by atoms with Crippen molar-refractivity contribution < 1.29 is 23.2 Å². The fourth-order valence-electron chi connectivity index (χ4n) is 6.30. The van der Waals surface area contributed by atoms with Crippen molar-refractivity contribution in [2.75, 3.05) is 0 Å². The van der Waals surface area contributed by atoms with E-state index in [1.54, 1.807) is 11.1 Å². The van der Waals surface area contributed by atoms with Crippen LogP contribution < -0.4 is 0 Å². The molecule has 0 aromatic heterocycles. The van der Waals surface area contributed by atoms with Crippen LogP contribution in [0.25, 0.3) is 22.3 Å². The monoisotopic (exact) mass is 562 g/mol. The molecule has 1 atom stereocenters. The van der Waals surface area contributed by atoms with Gasteiger partial charge in [-0.1, -0.05) is 75.2 Å². The second-order valence-electron chi connectivity index (χ2n) is 10.7. The zero-order chi connectivity index (χ0) is 25.6. The maximum atomic E-state index is 2.42. The molecule has 0 fully saturated rings. The first-order valence-electron chi connectivity index (χ1n) is 14.3. The molecule has 0 aliphatic heterocycles. The topological polar surface area (TPSA) is 0 Å². The number of unbranched alkanes of at least 4 members (excludes halogenated alkanes) is 2. The van der Waals surface area contributed by atoms with Gasteiger partial charge < -0.3 is 0 Å². The summed E-state index contributed by atoms with van der Waals surface area (Å²) < 4.78 is 2.31. The van der Waals surface area contributed by atoms with Crippen LogP contribution in [0.2, 0.25) is 4.13 Å². The van der Waals surface area contributed by atoms with Gasteiger partial charge in [-0.05, 0) is 34.6 Å². The summed E-state index contributed by atoms with van der Waals surface area (Å²) in [6.45, 7) is 7.00. The third-order valence-electron chi connectivity index (χ3n) is 8.18. The molecule has 37 heavy (non-hydrogen) atoms. The number of hydrogen-bond donors (Lipinski definition) is 0. The summed E-state index contributed by atoms with van der Waals surface area (Å²) in [6, 6.07) is 36.0. The Morgan fingerprint density at radius 3 is 1.43 bits per heavy atom. The minimum absolute atomic E-state index is 0.339. The van der Waals surface area contributed by atoms with Crippen LogP contribution in [-0.2, 0) is 23.2 Å². The third-order valence-corrected chi connectivity index (χ3v) is 12.3. The molecule has 0 spiro atoms. The second kappa shape index (κ2) is 12.5. The number of rotatable bonds is 8. The predicted octanol–water partition coefficient (Wildman–Crippen LogP) is 10.7. The van der Waals surface area contributed by atoms with Gasteiger partial charge in [0.2, 0.25) is 0 Å². The molecular weight excluding hydrogens is 524 g/mol. The summed E-state index contributed by atoms with van der Waals surface area (Å²) in [5, 5.41) is 0. The molecule has 1 heteroatoms. The van der Waals surface area contributed by atoms with Gasteiger partial charge in [0, 0.05) is 5.92 Å². The molecule has 0 heterocycles. The first kappa shape index (κ1) is 26.4. The van der Waals surface area contributed by atoms with Crippen LogP contribution in [0.1, 0.15) is 84.7 Å². The van der Waals surface area contributed by atoms with Crippen LogP contribution >= 0.6 is 0 Å². The molecule has 0 bridgehead atoms. The van der Waals surface area contributed by atoms with Crippen molar-refractivity contribution in [3.63, 3.8) is 0 Å². The number of fused-ring (bicyclic) bond motifs is 6. The van der Waals surface area contributed by atoms with Gasteiger partial charge >= 0.3 is 122 Å². The molecule has 2 aliphatic carbocycles. The average molecular weight is 564 g/mol. The van der Waals surface area contributed by atoms with Gasteiger partial charge in [-0.3, -0.25) is 0 Å². The number of hydrogen-bond acceptors (Lipinski definition) is 0. The molecule has 6 rings (SSSR count). The summed E-state index contributed by atoms with van der Waals surface area (Å²) in [6.07, 6.45) is 6.72. The van der Waals surface area contributed by atoms with Crippen molar-refractivity contribution in [2.45, 2.75) is 66.5 Å². The summed E-state index contributed by atoms with van der Waals surface area (Å²) in [5.74, 6) is 1.32. The normalized spacial score (nSPS) is 14.1. The van der Waals surface area contributed by atoms with Gasteiger partial charge in [0.15, 0.2) is 0 Å². The molecule has 0 N–H and O–H groups in total. The van der Waals surface area contributed by atoms with Crippen molar-refractivity contribution in [1.29, 1.82) is 0 Å². The molecule has 0 amide bonds. The Morgan fingerprint density at radius 2 is 0.973 bits per heavy atom. The van der Waals surface area contributed by atoms with Crippen molar-refractivity contribution in [3.8, 4) is 22.3 Å². The molecule has 188 valence electrons. The van der Waals surface area contributed by atoms with E-state index >= 15 is 0 Å². The molecule has 4 aromatic rings. The van der Waals surface area contributed by atoms with Gasteiger partial charge in [0.1, 0.15) is 0 Å². The average Bonchev–Trinajstić information content (AvgIpc) is 3.46. The summed E-state index contributed by atoms with van der Waals surface area (Å²) in [7, 11) is 0. The van der Waals surface area contributed by atoms with Crippen LogP contribution in [0.3, 0.4) is 0 Å². The zero-order valence-electron chi connectivity index (χ0n) is 22.7. The minimum atomic E-state index is -0.339. The van der Waals surface area contributed by atoms with Crippen LogP contribution in [0.4, 0.5) is 0 Å². The van der Waals surface area contributed by atoms with Gasteiger partial charge in [-0.2, -0.15) is 0 Å². The fourth-order valence-corrected chi connectivity index (χ4v) is 10.7. The van der Waals surface area contributed by atoms with Crippen LogP contribution in [0, 0.1) is 5.92 Å². The molecule has 0 saturated carbocycles. The molecule has 0 radical (unpaired) electrons. The molecule has 0 nitrogen and oxygen atoms in total. The summed E-state index contributed by atoms with van der Waals surface area (Å²) >= 11 is -0.339. The Morgan fingerprint density at radius 1 is 0.568 bits per heavy atom. The first-order chi connectivity index (χ1) is 18.2. The van der Waals surface area contributed by atoms with Gasteiger partial charge in [0.05, 0.1) is 0 Å². The van der Waals surface area contributed by atoms with E-state index in [-0.39, 0.29) is 23.2 Å². The van der Waals surface area contributed by atoms with Crippen molar-refractivity contribution in [1.82, 2.24) is 0 Å². The molecule has 0 saturated heterocycles. The van der Waals surface area contributed by atoms with Gasteiger partial charge in [-0.15, -0.1) is 0 Å². The van der Waals surface area contributed by atoms with E-state index in [1.165, 1.54) is 69.6 Å². The predicted molar refractivity (Wildman–Crippen MR) is 156 cm³/mol. The fraction of sp³-hybridized carbons (Fsp3) is 0.333. The quantitative estimate of drug-likeness (QED) is 0.187. The Hall–Kier alpha value is -2.24. The Bertz CT molecular complexity index is 1230. The summed E-state index contributed by atoms with van der Waals surface area (Å²) in [5.41, 5.74) is 12.2. The standard InChI is InChI=1S/C19H22.C13H9.C4H9.Zr/c1-3-4-9-14(2)19-17-12-7-5-10-15(17)16-11-6-8-13-18(16)19;1-3-7-12-10(5-1)9-11-6-2-4-8-13(11)12;1-3-4-2;/h5-8,10-14,19H,3-4,9H2,1-2H3;1-9H;1,3-4H2,2H3;. The first-order valence-corrected chi connectivity index (χ1v) is 17.5. The van der Waals surface area contributed by atoms with Crippen LogP contribution in [0.15, 0.2) is 97.1 Å². The Labute approximate surface area is 236 Å². The number of benzene rings is 4. The Balaban J connectivity index is 0.000000152. The molecule has 1 unspecified atom stereocenters. The van der Waals surface area contributed by atoms with Gasteiger partial charge in [-0.25, -0.2) is 0 Å². The van der Waals surface area contributed by atoms with E-state index < -0.39 is 0 Å². The molecule has 2 aliphatic rings. The van der Waals surface area contributed by atoms with Gasteiger partial charge in [0.25, 0.3) is 0 Å². The maximum absolute atomic E-state index is 2.42. The van der Waals surface area contributed by atoms with E-state index in [1.807, 2.05) is 0 Å². The third kappa shape index (κ3) is 5.49.